The molecule has 5 heteroatoms. The highest BCUT2D eigenvalue weighted by atomic mass is 79.9. The molecular weight excluding hydrogens is 282 g/mol. The fraction of sp³-hybridized carbons (Fsp3) is 0.333. The van der Waals surface area contributed by atoms with Gasteiger partial charge in [-0.1, -0.05) is 39.3 Å². The number of nitrogens with one attached hydrogen (secondary N) is 1. The van der Waals surface area contributed by atoms with Gasteiger partial charge in [-0.2, -0.15) is 4.98 Å². The summed E-state index contributed by atoms with van der Waals surface area (Å²) >= 11 is 3.54. The summed E-state index contributed by atoms with van der Waals surface area (Å²) in [7, 11) is 0. The average molecular weight is 296 g/mol. The largest absolute Gasteiger partial charge is 0.340 e. The van der Waals surface area contributed by atoms with Crippen molar-refractivity contribution < 1.29 is 4.52 Å². The highest BCUT2D eigenvalue weighted by Gasteiger charge is 2.09. The van der Waals surface area contributed by atoms with Crippen LogP contribution in [0.1, 0.15) is 30.2 Å². The third kappa shape index (κ3) is 3.14. The minimum Gasteiger partial charge on any atom is -0.340 e. The highest BCUT2D eigenvalue weighted by molar-refractivity contribution is 9.10. The SMILES string of the molecule is Cc1nc(CNC(C)c2ccccc2Br)no1. The van der Waals surface area contributed by atoms with Gasteiger partial charge in [0.2, 0.25) is 5.89 Å². The van der Waals surface area contributed by atoms with Crippen LogP contribution >= 0.6 is 15.9 Å². The molecule has 0 saturated carbocycles. The fourth-order valence-corrected chi connectivity index (χ4v) is 2.22. The maximum atomic E-state index is 4.92. The zero-order valence-electron chi connectivity index (χ0n) is 9.77. The second kappa shape index (κ2) is 5.42. The van der Waals surface area contributed by atoms with E-state index in [9.17, 15) is 0 Å². The smallest absolute Gasteiger partial charge is 0.223 e. The zero-order valence-corrected chi connectivity index (χ0v) is 11.4. The van der Waals surface area contributed by atoms with Gasteiger partial charge < -0.3 is 9.84 Å². The molecule has 1 unspecified atom stereocenters. The summed E-state index contributed by atoms with van der Waals surface area (Å²) in [5, 5.41) is 7.20. The van der Waals surface area contributed by atoms with Gasteiger partial charge in [0.1, 0.15) is 0 Å². The lowest BCUT2D eigenvalue weighted by Gasteiger charge is -2.14. The molecule has 4 nitrogen and oxygen atoms in total. The fourth-order valence-electron chi connectivity index (χ4n) is 1.59. The summed E-state index contributed by atoms with van der Waals surface area (Å²) < 4.78 is 6.02. The van der Waals surface area contributed by atoms with Crippen molar-refractivity contribution in [1.29, 1.82) is 0 Å². The number of aromatic nitrogens is 2. The summed E-state index contributed by atoms with van der Waals surface area (Å²) in [6.45, 7) is 4.49. The van der Waals surface area contributed by atoms with Crippen molar-refractivity contribution in [2.24, 2.45) is 0 Å². The first kappa shape index (κ1) is 12.3. The molecule has 0 bridgehead atoms. The Hall–Kier alpha value is -1.20. The van der Waals surface area contributed by atoms with Gasteiger partial charge in [-0.3, -0.25) is 0 Å². The van der Waals surface area contributed by atoms with Crippen molar-refractivity contribution in [1.82, 2.24) is 15.5 Å². The molecule has 2 aromatic rings. The molecule has 0 spiro atoms. The molecule has 2 rings (SSSR count). The standard InChI is InChI=1S/C12H14BrN3O/c1-8(10-5-3-4-6-11(10)13)14-7-12-15-9(2)17-16-12/h3-6,8,14H,7H2,1-2H3. The molecule has 0 aliphatic rings. The second-order valence-electron chi connectivity index (χ2n) is 3.85. The minimum atomic E-state index is 0.226. The van der Waals surface area contributed by atoms with Gasteiger partial charge in [-0.15, -0.1) is 0 Å². The monoisotopic (exact) mass is 295 g/mol. The Balaban J connectivity index is 1.98. The number of rotatable bonds is 4. The Morgan fingerprint density at radius 1 is 1.41 bits per heavy atom. The summed E-state index contributed by atoms with van der Waals surface area (Å²) in [4.78, 5) is 4.15. The third-order valence-electron chi connectivity index (χ3n) is 2.51. The summed E-state index contributed by atoms with van der Waals surface area (Å²) in [5.74, 6) is 1.27. The maximum absolute atomic E-state index is 4.92. The van der Waals surface area contributed by atoms with E-state index >= 15 is 0 Å². The van der Waals surface area contributed by atoms with Crippen molar-refractivity contribution in [2.45, 2.75) is 26.4 Å². The van der Waals surface area contributed by atoms with E-state index in [0.29, 0.717) is 18.3 Å². The summed E-state index contributed by atoms with van der Waals surface area (Å²) in [6, 6.07) is 8.37. The Kier molecular flexibility index (Phi) is 3.91. The van der Waals surface area contributed by atoms with E-state index in [1.807, 2.05) is 18.2 Å². The Bertz CT molecular complexity index is 498. The molecule has 17 heavy (non-hydrogen) atoms. The van der Waals surface area contributed by atoms with Crippen molar-refractivity contribution in [3.8, 4) is 0 Å². The van der Waals surface area contributed by atoms with Crippen LogP contribution in [-0.4, -0.2) is 10.1 Å². The van der Waals surface area contributed by atoms with Gasteiger partial charge in [0, 0.05) is 17.4 Å². The second-order valence-corrected chi connectivity index (χ2v) is 4.71. The lowest BCUT2D eigenvalue weighted by atomic mass is 10.1. The molecule has 0 aliphatic heterocycles. The molecule has 0 fully saturated rings. The van der Waals surface area contributed by atoms with E-state index in [1.165, 1.54) is 5.56 Å². The van der Waals surface area contributed by atoms with Crippen LogP contribution in [0.3, 0.4) is 0 Å². The van der Waals surface area contributed by atoms with Crippen molar-refractivity contribution >= 4 is 15.9 Å². The van der Waals surface area contributed by atoms with Crippen molar-refractivity contribution in [3.63, 3.8) is 0 Å². The van der Waals surface area contributed by atoms with E-state index in [1.54, 1.807) is 6.92 Å². The van der Waals surface area contributed by atoms with E-state index in [0.717, 1.165) is 4.47 Å². The van der Waals surface area contributed by atoms with Crippen LogP contribution in [0.4, 0.5) is 0 Å². The predicted octanol–water partition coefficient (Wildman–Crippen LogP) is 2.99. The van der Waals surface area contributed by atoms with E-state index < -0.39 is 0 Å². The lowest BCUT2D eigenvalue weighted by molar-refractivity contribution is 0.384. The predicted molar refractivity (Wildman–Crippen MR) is 68.4 cm³/mol. The first-order valence-electron chi connectivity index (χ1n) is 5.44. The van der Waals surface area contributed by atoms with E-state index in [4.69, 9.17) is 4.52 Å². The molecule has 1 N–H and O–H groups in total. The Morgan fingerprint density at radius 2 is 2.18 bits per heavy atom. The van der Waals surface area contributed by atoms with Crippen LogP contribution in [-0.2, 0) is 6.54 Å². The molecule has 0 amide bonds. The van der Waals surface area contributed by atoms with E-state index in [-0.39, 0.29) is 6.04 Å². The highest BCUT2D eigenvalue weighted by Crippen LogP contribution is 2.22. The molecule has 0 saturated heterocycles. The topological polar surface area (TPSA) is 51.0 Å². The normalized spacial score (nSPS) is 12.6. The van der Waals surface area contributed by atoms with Crippen LogP contribution in [0, 0.1) is 6.92 Å². The number of halogens is 1. The number of aryl methyl sites for hydroxylation is 1. The number of hydrogen-bond donors (Lipinski definition) is 1. The van der Waals surface area contributed by atoms with Crippen LogP contribution in [0.5, 0.6) is 0 Å². The Morgan fingerprint density at radius 3 is 2.82 bits per heavy atom. The van der Waals surface area contributed by atoms with Crippen LogP contribution < -0.4 is 5.32 Å². The molecule has 1 atom stereocenters. The number of benzene rings is 1. The molecule has 1 aromatic carbocycles. The summed E-state index contributed by atoms with van der Waals surface area (Å²) in [6.07, 6.45) is 0. The van der Waals surface area contributed by atoms with Crippen molar-refractivity contribution in [2.75, 3.05) is 0 Å². The third-order valence-corrected chi connectivity index (χ3v) is 3.23. The molecule has 1 aromatic heterocycles. The maximum Gasteiger partial charge on any atom is 0.223 e. The Labute approximate surface area is 109 Å². The lowest BCUT2D eigenvalue weighted by Crippen LogP contribution is -2.19. The molecular formula is C12H14BrN3O. The molecule has 0 radical (unpaired) electrons. The van der Waals surface area contributed by atoms with Crippen LogP contribution in [0.2, 0.25) is 0 Å². The van der Waals surface area contributed by atoms with Crippen LogP contribution in [0.25, 0.3) is 0 Å². The number of hydrogen-bond acceptors (Lipinski definition) is 4. The van der Waals surface area contributed by atoms with Crippen LogP contribution in [0.15, 0.2) is 33.3 Å². The van der Waals surface area contributed by atoms with Gasteiger partial charge in [-0.25, -0.2) is 0 Å². The molecule has 1 heterocycles. The van der Waals surface area contributed by atoms with Gasteiger partial charge in [0.05, 0.1) is 6.54 Å². The quantitative estimate of drug-likeness (QED) is 0.942. The van der Waals surface area contributed by atoms with Gasteiger partial charge in [0.25, 0.3) is 0 Å². The zero-order chi connectivity index (χ0) is 12.3. The van der Waals surface area contributed by atoms with Gasteiger partial charge >= 0.3 is 0 Å². The first-order valence-corrected chi connectivity index (χ1v) is 6.23. The minimum absolute atomic E-state index is 0.226. The molecule has 90 valence electrons. The van der Waals surface area contributed by atoms with Gasteiger partial charge in [-0.05, 0) is 18.6 Å². The number of nitrogens with zero attached hydrogens (tertiary/aromatic N) is 2. The first-order chi connectivity index (χ1) is 8.16. The van der Waals surface area contributed by atoms with Gasteiger partial charge in [0.15, 0.2) is 5.82 Å². The summed E-state index contributed by atoms with van der Waals surface area (Å²) in [5.41, 5.74) is 1.22. The van der Waals surface area contributed by atoms with E-state index in [2.05, 4.69) is 44.4 Å². The van der Waals surface area contributed by atoms with Crippen molar-refractivity contribution in [3.05, 3.63) is 46.0 Å². The molecule has 0 aliphatic carbocycles. The average Bonchev–Trinajstić information content (AvgIpc) is 2.73.